The topological polar surface area (TPSA) is 45.2 Å². The van der Waals surface area contributed by atoms with Crippen LogP contribution in [0.5, 0.6) is 0 Å². The zero-order chi connectivity index (χ0) is 14.8. The molecule has 2 fully saturated rings. The molecular weight excluding hydrogens is 282 g/mol. The number of aromatic nitrogens is 1. The van der Waals surface area contributed by atoms with Crippen molar-refractivity contribution in [1.29, 1.82) is 0 Å². The van der Waals surface area contributed by atoms with Crippen LogP contribution in [-0.4, -0.2) is 42.0 Å². The SMILES string of the molecule is CN[C@@H]1CCCN(C(=O)c2sc(C3CCCC3)nc2C)C1. The van der Waals surface area contributed by atoms with Crippen LogP contribution in [-0.2, 0) is 0 Å². The Kier molecular flexibility index (Phi) is 4.60. The Bertz CT molecular complexity index is 508. The van der Waals surface area contributed by atoms with Crippen molar-refractivity contribution >= 4 is 17.2 Å². The molecule has 1 aliphatic carbocycles. The summed E-state index contributed by atoms with van der Waals surface area (Å²) in [6.45, 7) is 3.69. The number of thiazole rings is 1. The number of carbonyl (C=O) groups excluding carboxylic acids is 1. The highest BCUT2D eigenvalue weighted by atomic mass is 32.1. The van der Waals surface area contributed by atoms with Gasteiger partial charge < -0.3 is 10.2 Å². The molecule has 2 heterocycles. The molecule has 5 heteroatoms. The van der Waals surface area contributed by atoms with Crippen LogP contribution in [0.25, 0.3) is 0 Å². The van der Waals surface area contributed by atoms with Crippen LogP contribution >= 0.6 is 11.3 Å². The molecule has 4 nitrogen and oxygen atoms in total. The van der Waals surface area contributed by atoms with Crippen molar-refractivity contribution in [3.8, 4) is 0 Å². The first-order valence-electron chi connectivity index (χ1n) is 8.13. The second kappa shape index (κ2) is 6.44. The van der Waals surface area contributed by atoms with E-state index in [1.165, 1.54) is 30.7 Å². The Hall–Kier alpha value is -0.940. The maximum Gasteiger partial charge on any atom is 0.265 e. The smallest absolute Gasteiger partial charge is 0.265 e. The Balaban J connectivity index is 1.74. The van der Waals surface area contributed by atoms with Crippen molar-refractivity contribution in [3.05, 3.63) is 15.6 Å². The molecule has 1 saturated carbocycles. The van der Waals surface area contributed by atoms with Gasteiger partial charge in [0.15, 0.2) is 0 Å². The van der Waals surface area contributed by atoms with E-state index in [-0.39, 0.29) is 5.91 Å². The van der Waals surface area contributed by atoms with E-state index in [4.69, 9.17) is 4.98 Å². The van der Waals surface area contributed by atoms with E-state index in [0.29, 0.717) is 12.0 Å². The predicted octanol–water partition coefficient (Wildman–Crippen LogP) is 2.93. The molecule has 116 valence electrons. The molecule has 0 unspecified atom stereocenters. The van der Waals surface area contributed by atoms with Gasteiger partial charge >= 0.3 is 0 Å². The van der Waals surface area contributed by atoms with Gasteiger partial charge in [0.05, 0.1) is 10.7 Å². The van der Waals surface area contributed by atoms with Crippen molar-refractivity contribution in [2.24, 2.45) is 0 Å². The molecule has 2 aliphatic rings. The van der Waals surface area contributed by atoms with Crippen LogP contribution in [0, 0.1) is 6.92 Å². The van der Waals surface area contributed by atoms with Gasteiger partial charge in [-0.05, 0) is 39.7 Å². The standard InChI is InChI=1S/C16H25N3OS/c1-11-14(21-15(18-11)12-6-3-4-7-12)16(20)19-9-5-8-13(10-19)17-2/h12-13,17H,3-10H2,1-2H3/t13-/m1/s1. The van der Waals surface area contributed by atoms with Gasteiger partial charge in [-0.25, -0.2) is 4.98 Å². The summed E-state index contributed by atoms with van der Waals surface area (Å²) >= 11 is 1.64. The number of carbonyl (C=O) groups is 1. The summed E-state index contributed by atoms with van der Waals surface area (Å²) in [5.41, 5.74) is 0.929. The van der Waals surface area contributed by atoms with Gasteiger partial charge in [0.25, 0.3) is 5.91 Å². The number of nitrogens with one attached hydrogen (secondary N) is 1. The van der Waals surface area contributed by atoms with Crippen LogP contribution in [0.4, 0.5) is 0 Å². The molecule has 1 aromatic rings. The summed E-state index contributed by atoms with van der Waals surface area (Å²) in [4.78, 5) is 20.4. The monoisotopic (exact) mass is 307 g/mol. The van der Waals surface area contributed by atoms with Crippen molar-refractivity contribution in [2.45, 2.75) is 57.4 Å². The second-order valence-electron chi connectivity index (χ2n) is 6.33. The number of piperidine rings is 1. The van der Waals surface area contributed by atoms with Crippen molar-refractivity contribution < 1.29 is 4.79 Å². The maximum atomic E-state index is 12.8. The Labute approximate surface area is 130 Å². The number of aryl methyl sites for hydroxylation is 1. The van der Waals surface area contributed by atoms with Crippen molar-refractivity contribution in [1.82, 2.24) is 15.2 Å². The minimum Gasteiger partial charge on any atom is -0.336 e. The first-order chi connectivity index (χ1) is 10.2. The summed E-state index contributed by atoms with van der Waals surface area (Å²) in [5.74, 6) is 0.788. The quantitative estimate of drug-likeness (QED) is 0.934. The molecule has 21 heavy (non-hydrogen) atoms. The summed E-state index contributed by atoms with van der Waals surface area (Å²) in [6.07, 6.45) is 7.35. The number of hydrogen-bond donors (Lipinski definition) is 1. The fourth-order valence-corrected chi connectivity index (χ4v) is 4.71. The third-order valence-corrected chi connectivity index (χ3v) is 6.14. The molecule has 1 atom stereocenters. The average molecular weight is 307 g/mol. The predicted molar refractivity (Wildman–Crippen MR) is 86.0 cm³/mol. The first kappa shape index (κ1) is 15.0. The molecule has 1 N–H and O–H groups in total. The normalized spacial score (nSPS) is 23.7. The molecule has 0 bridgehead atoms. The molecule has 1 saturated heterocycles. The van der Waals surface area contributed by atoms with Crippen LogP contribution in [0.15, 0.2) is 0 Å². The van der Waals surface area contributed by atoms with Crippen LogP contribution in [0.2, 0.25) is 0 Å². The highest BCUT2D eigenvalue weighted by Crippen LogP contribution is 2.37. The van der Waals surface area contributed by atoms with E-state index < -0.39 is 0 Å². The number of hydrogen-bond acceptors (Lipinski definition) is 4. The third kappa shape index (κ3) is 3.14. The average Bonchev–Trinajstić information content (AvgIpc) is 3.16. The molecule has 1 aromatic heterocycles. The minimum atomic E-state index is 0.189. The van der Waals surface area contributed by atoms with Crippen LogP contribution in [0.3, 0.4) is 0 Å². The zero-order valence-corrected chi connectivity index (χ0v) is 13.8. The van der Waals surface area contributed by atoms with Gasteiger partial charge in [-0.15, -0.1) is 11.3 Å². The lowest BCUT2D eigenvalue weighted by molar-refractivity contribution is 0.0702. The van der Waals surface area contributed by atoms with Crippen LogP contribution in [0.1, 0.15) is 64.8 Å². The molecule has 3 rings (SSSR count). The van der Waals surface area contributed by atoms with Gasteiger partial charge in [0.1, 0.15) is 4.88 Å². The highest BCUT2D eigenvalue weighted by Gasteiger charge is 2.28. The Morgan fingerprint density at radius 1 is 1.29 bits per heavy atom. The van der Waals surface area contributed by atoms with Gasteiger partial charge in [-0.1, -0.05) is 12.8 Å². The lowest BCUT2D eigenvalue weighted by Crippen LogP contribution is -2.46. The van der Waals surface area contributed by atoms with E-state index in [0.717, 1.165) is 36.5 Å². The van der Waals surface area contributed by atoms with Crippen molar-refractivity contribution in [3.63, 3.8) is 0 Å². The highest BCUT2D eigenvalue weighted by molar-refractivity contribution is 7.13. The number of amides is 1. The molecule has 0 radical (unpaired) electrons. The minimum absolute atomic E-state index is 0.189. The molecule has 1 amide bonds. The van der Waals surface area contributed by atoms with Gasteiger partial charge in [-0.3, -0.25) is 4.79 Å². The first-order valence-corrected chi connectivity index (χ1v) is 8.94. The fraction of sp³-hybridized carbons (Fsp3) is 0.750. The lowest BCUT2D eigenvalue weighted by Gasteiger charge is -2.32. The van der Waals surface area contributed by atoms with Gasteiger partial charge in [0, 0.05) is 25.0 Å². The largest absolute Gasteiger partial charge is 0.336 e. The number of rotatable bonds is 3. The Morgan fingerprint density at radius 3 is 2.76 bits per heavy atom. The van der Waals surface area contributed by atoms with E-state index >= 15 is 0 Å². The Morgan fingerprint density at radius 2 is 2.05 bits per heavy atom. The van der Waals surface area contributed by atoms with E-state index in [9.17, 15) is 4.79 Å². The zero-order valence-electron chi connectivity index (χ0n) is 13.0. The summed E-state index contributed by atoms with van der Waals surface area (Å²) < 4.78 is 0. The summed E-state index contributed by atoms with van der Waals surface area (Å²) in [5, 5.41) is 4.49. The van der Waals surface area contributed by atoms with Crippen LogP contribution < -0.4 is 5.32 Å². The second-order valence-corrected chi connectivity index (χ2v) is 7.36. The van der Waals surface area contributed by atoms with E-state index in [1.807, 2.05) is 18.9 Å². The van der Waals surface area contributed by atoms with Gasteiger partial charge in [-0.2, -0.15) is 0 Å². The lowest BCUT2D eigenvalue weighted by atomic mass is 10.1. The molecule has 0 aromatic carbocycles. The van der Waals surface area contributed by atoms with Crippen molar-refractivity contribution in [2.75, 3.05) is 20.1 Å². The third-order valence-electron chi connectivity index (χ3n) is 4.83. The maximum absolute atomic E-state index is 12.8. The molecular formula is C16H25N3OS. The summed E-state index contributed by atoms with van der Waals surface area (Å²) in [6, 6.07) is 0.435. The number of likely N-dealkylation sites (N-methyl/N-ethyl adjacent to an activating group) is 1. The molecule has 1 aliphatic heterocycles. The number of nitrogens with zero attached hydrogens (tertiary/aromatic N) is 2. The molecule has 0 spiro atoms. The van der Waals surface area contributed by atoms with Gasteiger partial charge in [0.2, 0.25) is 0 Å². The fourth-order valence-electron chi connectivity index (χ4n) is 3.50. The van der Waals surface area contributed by atoms with E-state index in [2.05, 4.69) is 5.32 Å². The number of likely N-dealkylation sites (tertiary alicyclic amines) is 1. The summed E-state index contributed by atoms with van der Waals surface area (Å²) in [7, 11) is 1.98. The van der Waals surface area contributed by atoms with E-state index in [1.54, 1.807) is 11.3 Å².